The van der Waals surface area contributed by atoms with Gasteiger partial charge in [-0.05, 0) is 19.9 Å². The van der Waals surface area contributed by atoms with Crippen molar-refractivity contribution in [1.29, 1.82) is 0 Å². The molecule has 0 aliphatic heterocycles. The molecule has 0 fully saturated rings. The van der Waals surface area contributed by atoms with Crippen LogP contribution in [-0.4, -0.2) is 24.7 Å². The second-order valence-electron chi connectivity index (χ2n) is 3.84. The average Bonchev–Trinajstić information content (AvgIpc) is 2.54. The topological polar surface area (TPSA) is 113 Å². The molecule has 2 heterocycles. The third-order valence-corrected chi connectivity index (χ3v) is 2.57. The zero-order chi connectivity index (χ0) is 13.3. The molecule has 0 saturated carbocycles. The number of hydrogen-bond donors (Lipinski definition) is 1. The van der Waals surface area contributed by atoms with Crippen molar-refractivity contribution in [2.24, 2.45) is 0 Å². The van der Waals surface area contributed by atoms with E-state index in [1.807, 2.05) is 0 Å². The second-order valence-corrected chi connectivity index (χ2v) is 3.84. The highest BCUT2D eigenvalue weighted by Gasteiger charge is 2.21. The first kappa shape index (κ1) is 12.0. The van der Waals surface area contributed by atoms with Gasteiger partial charge in [-0.3, -0.25) is 14.8 Å². The number of nitrogens with zero attached hydrogens (tertiary/aromatic N) is 5. The fourth-order valence-electron chi connectivity index (χ4n) is 1.76. The lowest BCUT2D eigenvalue weighted by Gasteiger charge is -2.03. The number of rotatable bonds is 3. The first-order valence-electron chi connectivity index (χ1n) is 5.25. The van der Waals surface area contributed by atoms with E-state index in [0.717, 1.165) is 0 Å². The molecule has 0 radical (unpaired) electrons. The van der Waals surface area contributed by atoms with Crippen LogP contribution in [0, 0.1) is 24.0 Å². The summed E-state index contributed by atoms with van der Waals surface area (Å²) in [6.07, 6.45) is 1.54. The van der Waals surface area contributed by atoms with E-state index in [1.165, 1.54) is 10.9 Å². The van der Waals surface area contributed by atoms with E-state index in [9.17, 15) is 10.1 Å². The standard InChI is InChI=1S/C10H12N6O2/c1-6-9(16(17)18)7(2)15(14-6)5-8-3-4-12-10(11)13-8/h3-4H,5H2,1-2H3,(H2,11,12,13). The molecule has 0 unspecified atom stereocenters. The van der Waals surface area contributed by atoms with Gasteiger partial charge in [-0.15, -0.1) is 0 Å². The zero-order valence-corrected chi connectivity index (χ0v) is 9.99. The van der Waals surface area contributed by atoms with Crippen molar-refractivity contribution in [2.75, 3.05) is 5.73 Å². The van der Waals surface area contributed by atoms with Crippen molar-refractivity contribution in [3.63, 3.8) is 0 Å². The third-order valence-electron chi connectivity index (χ3n) is 2.57. The summed E-state index contributed by atoms with van der Waals surface area (Å²) in [6.45, 7) is 3.59. The van der Waals surface area contributed by atoms with Gasteiger partial charge in [-0.25, -0.2) is 9.97 Å². The van der Waals surface area contributed by atoms with E-state index in [2.05, 4.69) is 15.1 Å². The van der Waals surface area contributed by atoms with Gasteiger partial charge in [0.15, 0.2) is 0 Å². The second kappa shape index (κ2) is 4.40. The minimum Gasteiger partial charge on any atom is -0.368 e. The van der Waals surface area contributed by atoms with Crippen LogP contribution in [0.15, 0.2) is 12.3 Å². The Bertz CT molecular complexity index is 606. The monoisotopic (exact) mass is 248 g/mol. The minimum atomic E-state index is -0.428. The van der Waals surface area contributed by atoms with Crippen molar-refractivity contribution < 1.29 is 4.92 Å². The lowest BCUT2D eigenvalue weighted by Crippen LogP contribution is -2.07. The van der Waals surface area contributed by atoms with Crippen molar-refractivity contribution in [3.8, 4) is 0 Å². The van der Waals surface area contributed by atoms with Crippen molar-refractivity contribution in [3.05, 3.63) is 39.5 Å². The molecule has 0 aliphatic rings. The van der Waals surface area contributed by atoms with E-state index in [1.54, 1.807) is 19.9 Å². The zero-order valence-electron chi connectivity index (χ0n) is 9.99. The van der Waals surface area contributed by atoms with Gasteiger partial charge in [-0.1, -0.05) is 0 Å². The average molecular weight is 248 g/mol. The van der Waals surface area contributed by atoms with Gasteiger partial charge in [0, 0.05) is 6.20 Å². The molecule has 2 rings (SSSR count). The van der Waals surface area contributed by atoms with Crippen molar-refractivity contribution in [2.45, 2.75) is 20.4 Å². The smallest absolute Gasteiger partial charge is 0.312 e. The fourth-order valence-corrected chi connectivity index (χ4v) is 1.76. The van der Waals surface area contributed by atoms with Crippen LogP contribution in [0.4, 0.5) is 11.6 Å². The summed E-state index contributed by atoms with van der Waals surface area (Å²) in [5.41, 5.74) is 7.05. The Labute approximate surface area is 103 Å². The molecule has 8 heteroatoms. The van der Waals surface area contributed by atoms with Crippen LogP contribution in [0.5, 0.6) is 0 Å². The molecule has 0 aromatic carbocycles. The lowest BCUT2D eigenvalue weighted by molar-refractivity contribution is -0.386. The first-order chi connectivity index (χ1) is 8.49. The molecular weight excluding hydrogens is 236 g/mol. The van der Waals surface area contributed by atoms with Crippen LogP contribution in [0.1, 0.15) is 17.1 Å². The highest BCUT2D eigenvalue weighted by atomic mass is 16.6. The van der Waals surface area contributed by atoms with Gasteiger partial charge in [0.25, 0.3) is 0 Å². The Kier molecular flexibility index (Phi) is 2.92. The molecule has 0 spiro atoms. The SMILES string of the molecule is Cc1nn(Cc2ccnc(N)n2)c(C)c1[N+](=O)[O-]. The molecule has 0 amide bonds. The summed E-state index contributed by atoms with van der Waals surface area (Å²) in [7, 11) is 0. The maximum atomic E-state index is 10.9. The molecular formula is C10H12N6O2. The van der Waals surface area contributed by atoms with Crippen LogP contribution in [0.3, 0.4) is 0 Å². The molecule has 0 bridgehead atoms. The van der Waals surface area contributed by atoms with Crippen LogP contribution < -0.4 is 5.73 Å². The Morgan fingerprint density at radius 2 is 2.22 bits per heavy atom. The number of aryl methyl sites for hydroxylation is 1. The third kappa shape index (κ3) is 2.12. The fraction of sp³-hybridized carbons (Fsp3) is 0.300. The number of hydrogen-bond acceptors (Lipinski definition) is 6. The number of aromatic nitrogens is 4. The molecule has 2 N–H and O–H groups in total. The molecule has 0 saturated heterocycles. The molecule has 2 aromatic heterocycles. The summed E-state index contributed by atoms with van der Waals surface area (Å²) in [6, 6.07) is 1.69. The van der Waals surface area contributed by atoms with Crippen molar-refractivity contribution >= 4 is 11.6 Å². The number of nitrogen functional groups attached to an aromatic ring is 1. The first-order valence-corrected chi connectivity index (χ1v) is 5.25. The molecule has 8 nitrogen and oxygen atoms in total. The lowest BCUT2D eigenvalue weighted by atomic mass is 10.3. The van der Waals surface area contributed by atoms with E-state index in [4.69, 9.17) is 5.73 Å². The quantitative estimate of drug-likeness (QED) is 0.635. The molecule has 94 valence electrons. The van der Waals surface area contributed by atoms with E-state index in [0.29, 0.717) is 23.6 Å². The summed E-state index contributed by atoms with van der Waals surface area (Å²) in [4.78, 5) is 18.3. The number of nitro groups is 1. The largest absolute Gasteiger partial charge is 0.368 e. The minimum absolute atomic E-state index is 0.0389. The number of nitrogens with two attached hydrogens (primary N) is 1. The van der Waals surface area contributed by atoms with Gasteiger partial charge < -0.3 is 5.73 Å². The maximum absolute atomic E-state index is 10.9. The summed E-state index contributed by atoms with van der Waals surface area (Å²) in [5.74, 6) is 0.170. The summed E-state index contributed by atoms with van der Waals surface area (Å²) < 4.78 is 1.54. The maximum Gasteiger partial charge on any atom is 0.312 e. The highest BCUT2D eigenvalue weighted by Crippen LogP contribution is 2.22. The van der Waals surface area contributed by atoms with Crippen LogP contribution in [0.25, 0.3) is 0 Å². The van der Waals surface area contributed by atoms with E-state index < -0.39 is 4.92 Å². The van der Waals surface area contributed by atoms with E-state index >= 15 is 0 Å². The van der Waals surface area contributed by atoms with Crippen LogP contribution in [0.2, 0.25) is 0 Å². The molecule has 2 aromatic rings. The predicted octanol–water partition coefficient (Wildman–Crippen LogP) is 0.829. The van der Waals surface area contributed by atoms with E-state index in [-0.39, 0.29) is 11.6 Å². The number of anilines is 1. The molecule has 18 heavy (non-hydrogen) atoms. The molecule has 0 atom stereocenters. The molecule has 0 aliphatic carbocycles. The predicted molar refractivity (Wildman–Crippen MR) is 63.9 cm³/mol. The normalized spacial score (nSPS) is 10.6. The summed E-state index contributed by atoms with van der Waals surface area (Å²) in [5, 5.41) is 15.0. The Morgan fingerprint density at radius 3 is 2.78 bits per heavy atom. The van der Waals surface area contributed by atoms with Gasteiger partial charge in [-0.2, -0.15) is 5.10 Å². The van der Waals surface area contributed by atoms with Gasteiger partial charge >= 0.3 is 5.69 Å². The van der Waals surface area contributed by atoms with Crippen molar-refractivity contribution in [1.82, 2.24) is 19.7 Å². The Morgan fingerprint density at radius 1 is 1.50 bits per heavy atom. The Hall–Kier alpha value is -2.51. The van der Waals surface area contributed by atoms with Gasteiger partial charge in [0.1, 0.15) is 11.4 Å². The van der Waals surface area contributed by atoms with Crippen LogP contribution >= 0.6 is 0 Å². The summed E-state index contributed by atoms with van der Waals surface area (Å²) >= 11 is 0. The van der Waals surface area contributed by atoms with Gasteiger partial charge in [0.2, 0.25) is 5.95 Å². The Balaban J connectivity index is 2.36. The van der Waals surface area contributed by atoms with Gasteiger partial charge in [0.05, 0.1) is 17.2 Å². The highest BCUT2D eigenvalue weighted by molar-refractivity contribution is 5.39. The van der Waals surface area contributed by atoms with Crippen LogP contribution in [-0.2, 0) is 6.54 Å².